The van der Waals surface area contributed by atoms with E-state index in [9.17, 15) is 23.7 Å². The van der Waals surface area contributed by atoms with Crippen molar-refractivity contribution in [1.29, 1.82) is 0 Å². The van der Waals surface area contributed by atoms with Crippen molar-refractivity contribution in [3.8, 4) is 17.2 Å². The fraction of sp³-hybridized carbons (Fsp3) is 0.240. The topological polar surface area (TPSA) is 118 Å². The van der Waals surface area contributed by atoms with Gasteiger partial charge in [-0.25, -0.2) is 18.6 Å². The number of nitro groups is 1. The number of nitrogens with zero attached hydrogens (tertiary/aromatic N) is 6. The molecule has 0 amide bonds. The quantitative estimate of drug-likeness (QED) is 0.240. The average Bonchev–Trinajstić information content (AvgIpc) is 3.23. The second-order valence-corrected chi connectivity index (χ2v) is 8.47. The summed E-state index contributed by atoms with van der Waals surface area (Å²) in [5.74, 6) is -1.03. The number of hydrogen-bond acceptors (Lipinski definition) is 8. The van der Waals surface area contributed by atoms with Gasteiger partial charge in [0.15, 0.2) is 0 Å². The van der Waals surface area contributed by atoms with Crippen LogP contribution in [0, 0.1) is 21.7 Å². The minimum absolute atomic E-state index is 0.00357. The third kappa shape index (κ3) is 4.83. The van der Waals surface area contributed by atoms with Gasteiger partial charge in [0, 0.05) is 37.5 Å². The van der Waals surface area contributed by atoms with Gasteiger partial charge in [0.2, 0.25) is 11.6 Å². The summed E-state index contributed by atoms with van der Waals surface area (Å²) in [5, 5.41) is 15.9. The normalized spacial score (nSPS) is 13.4. The van der Waals surface area contributed by atoms with Crippen molar-refractivity contribution in [2.45, 2.75) is 19.6 Å². The van der Waals surface area contributed by atoms with E-state index in [-0.39, 0.29) is 41.2 Å². The Kier molecular flexibility index (Phi) is 6.83. The SMILES string of the molecule is CCOC1CN(c2nccc(Oc3ccc(-n4ncn(Cc5c(F)cccc5F)c4=O)cc3)c2[N+](=O)[O-])C1. The number of pyridine rings is 1. The molecule has 0 spiro atoms. The summed E-state index contributed by atoms with van der Waals surface area (Å²) in [6.07, 6.45) is 2.62. The van der Waals surface area contributed by atoms with Crippen LogP contribution in [0.5, 0.6) is 11.5 Å². The highest BCUT2D eigenvalue weighted by Gasteiger charge is 2.35. The van der Waals surface area contributed by atoms with Crippen LogP contribution in [0.2, 0.25) is 0 Å². The van der Waals surface area contributed by atoms with Gasteiger partial charge in [0.25, 0.3) is 0 Å². The molecule has 3 heterocycles. The van der Waals surface area contributed by atoms with Gasteiger partial charge in [0.1, 0.15) is 23.7 Å². The second-order valence-electron chi connectivity index (χ2n) is 8.47. The zero-order valence-electron chi connectivity index (χ0n) is 20.2. The van der Waals surface area contributed by atoms with Crippen LogP contribution in [0.25, 0.3) is 5.69 Å². The molecule has 2 aromatic carbocycles. The molecule has 1 saturated heterocycles. The Morgan fingerprint density at radius 1 is 1.11 bits per heavy atom. The van der Waals surface area contributed by atoms with Crippen molar-refractivity contribution in [2.24, 2.45) is 0 Å². The smallest absolute Gasteiger partial charge is 0.353 e. The highest BCUT2D eigenvalue weighted by atomic mass is 19.1. The Bertz CT molecular complexity index is 1510. The fourth-order valence-corrected chi connectivity index (χ4v) is 4.12. The van der Waals surface area contributed by atoms with Gasteiger partial charge < -0.3 is 14.4 Å². The average molecular weight is 524 g/mol. The first-order valence-corrected chi connectivity index (χ1v) is 11.7. The third-order valence-electron chi connectivity index (χ3n) is 6.03. The van der Waals surface area contributed by atoms with Crippen molar-refractivity contribution in [3.63, 3.8) is 0 Å². The van der Waals surface area contributed by atoms with E-state index in [2.05, 4.69) is 10.1 Å². The van der Waals surface area contributed by atoms with Gasteiger partial charge in [-0.05, 0) is 43.3 Å². The lowest BCUT2D eigenvalue weighted by Crippen LogP contribution is -2.52. The molecular formula is C25H22F2N6O5. The number of aromatic nitrogens is 4. The molecule has 196 valence electrons. The molecule has 0 saturated carbocycles. The number of rotatable bonds is 9. The van der Waals surface area contributed by atoms with Crippen LogP contribution in [0.3, 0.4) is 0 Å². The monoisotopic (exact) mass is 524 g/mol. The summed E-state index contributed by atoms with van der Waals surface area (Å²) in [7, 11) is 0. The molecule has 0 bridgehead atoms. The minimum Gasteiger partial charge on any atom is -0.450 e. The molecular weight excluding hydrogens is 502 g/mol. The molecule has 1 aliphatic heterocycles. The molecule has 0 atom stereocenters. The molecule has 1 aliphatic rings. The van der Waals surface area contributed by atoms with E-state index in [0.29, 0.717) is 25.4 Å². The summed E-state index contributed by atoms with van der Waals surface area (Å²) in [6, 6.07) is 11.0. The molecule has 0 N–H and O–H groups in total. The predicted molar refractivity (Wildman–Crippen MR) is 132 cm³/mol. The maximum Gasteiger partial charge on any atom is 0.353 e. The van der Waals surface area contributed by atoms with Crippen LogP contribution in [-0.2, 0) is 11.3 Å². The molecule has 0 unspecified atom stereocenters. The minimum atomic E-state index is -0.761. The van der Waals surface area contributed by atoms with Crippen molar-refractivity contribution in [3.05, 3.63) is 98.9 Å². The summed E-state index contributed by atoms with van der Waals surface area (Å²) >= 11 is 0. The van der Waals surface area contributed by atoms with Gasteiger partial charge in [-0.1, -0.05) is 6.07 Å². The zero-order valence-corrected chi connectivity index (χ0v) is 20.2. The van der Waals surface area contributed by atoms with Crippen molar-refractivity contribution >= 4 is 11.5 Å². The summed E-state index contributed by atoms with van der Waals surface area (Å²) in [5.41, 5.74) is -0.747. The fourth-order valence-electron chi connectivity index (χ4n) is 4.12. The summed E-state index contributed by atoms with van der Waals surface area (Å²) in [6.45, 7) is 3.10. The Hall–Kier alpha value is -4.65. The molecule has 38 heavy (non-hydrogen) atoms. The number of hydrogen-bond donors (Lipinski definition) is 0. The molecule has 5 rings (SSSR count). The van der Waals surface area contributed by atoms with E-state index in [1.165, 1.54) is 48.9 Å². The number of halogens is 2. The van der Waals surface area contributed by atoms with Gasteiger partial charge in [-0.15, -0.1) is 0 Å². The van der Waals surface area contributed by atoms with Gasteiger partial charge in [-0.3, -0.25) is 14.7 Å². The van der Waals surface area contributed by atoms with E-state index >= 15 is 0 Å². The van der Waals surface area contributed by atoms with Crippen molar-refractivity contribution < 1.29 is 23.2 Å². The summed E-state index contributed by atoms with van der Waals surface area (Å²) < 4.78 is 41.4. The third-order valence-corrected chi connectivity index (χ3v) is 6.03. The van der Waals surface area contributed by atoms with Gasteiger partial charge in [-0.2, -0.15) is 9.78 Å². The number of benzene rings is 2. The van der Waals surface area contributed by atoms with Gasteiger partial charge in [0.05, 0.1) is 23.3 Å². The van der Waals surface area contributed by atoms with Crippen LogP contribution < -0.4 is 15.3 Å². The standard InChI is InChI=1S/C25H22F2N6O5/c1-2-37-18-12-30(13-18)24-23(33(35)36)22(10-11-28-24)38-17-8-6-16(7-9-17)32-25(34)31(15-29-32)14-19-20(26)4-3-5-21(19)27/h3-11,15,18H,2,12-14H2,1H3. The largest absolute Gasteiger partial charge is 0.450 e. The van der Waals surface area contributed by atoms with Crippen LogP contribution >= 0.6 is 0 Å². The molecule has 1 fully saturated rings. The van der Waals surface area contributed by atoms with Crippen LogP contribution in [0.15, 0.2) is 65.8 Å². The van der Waals surface area contributed by atoms with E-state index in [1.54, 1.807) is 4.90 Å². The lowest BCUT2D eigenvalue weighted by atomic mass is 10.1. The molecule has 11 nitrogen and oxygen atoms in total. The summed E-state index contributed by atoms with van der Waals surface area (Å²) in [4.78, 5) is 30.0. The highest BCUT2D eigenvalue weighted by Crippen LogP contribution is 2.39. The van der Waals surface area contributed by atoms with Crippen molar-refractivity contribution in [2.75, 3.05) is 24.6 Å². The Morgan fingerprint density at radius 3 is 2.47 bits per heavy atom. The zero-order chi connectivity index (χ0) is 26.8. The van der Waals surface area contributed by atoms with E-state index in [1.807, 2.05) is 6.92 Å². The van der Waals surface area contributed by atoms with E-state index in [4.69, 9.17) is 9.47 Å². The first kappa shape index (κ1) is 25.0. The molecule has 0 aliphatic carbocycles. The second kappa shape index (κ2) is 10.4. The molecule has 13 heteroatoms. The van der Waals surface area contributed by atoms with Crippen LogP contribution in [0.4, 0.5) is 20.3 Å². The first-order chi connectivity index (χ1) is 18.4. The van der Waals surface area contributed by atoms with Crippen molar-refractivity contribution in [1.82, 2.24) is 19.3 Å². The Balaban J connectivity index is 1.34. The number of anilines is 1. The van der Waals surface area contributed by atoms with Gasteiger partial charge >= 0.3 is 11.4 Å². The Morgan fingerprint density at radius 2 is 1.82 bits per heavy atom. The molecule has 4 aromatic rings. The first-order valence-electron chi connectivity index (χ1n) is 11.7. The lowest BCUT2D eigenvalue weighted by molar-refractivity contribution is -0.385. The molecule has 0 radical (unpaired) electrons. The highest BCUT2D eigenvalue weighted by molar-refractivity contribution is 5.67. The number of ether oxygens (including phenoxy) is 2. The Labute approximate surface area is 214 Å². The maximum absolute atomic E-state index is 14.0. The lowest BCUT2D eigenvalue weighted by Gasteiger charge is -2.39. The van der Waals surface area contributed by atoms with Crippen LogP contribution in [-0.4, -0.2) is 50.1 Å². The van der Waals surface area contributed by atoms with Crippen LogP contribution in [0.1, 0.15) is 12.5 Å². The maximum atomic E-state index is 14.0. The predicted octanol–water partition coefficient (Wildman–Crippen LogP) is 3.68. The van der Waals surface area contributed by atoms with E-state index < -0.39 is 22.2 Å². The molecule has 2 aromatic heterocycles. The van der Waals surface area contributed by atoms with E-state index in [0.717, 1.165) is 21.4 Å².